The molecule has 2 aromatic rings. The lowest BCUT2D eigenvalue weighted by molar-refractivity contribution is 0.0342. The molecule has 1 atom stereocenters. The van der Waals surface area contributed by atoms with E-state index in [-0.39, 0.29) is 11.9 Å². The Morgan fingerprint density at radius 1 is 1.21 bits per heavy atom. The van der Waals surface area contributed by atoms with Crippen LogP contribution in [0.3, 0.4) is 0 Å². The van der Waals surface area contributed by atoms with E-state index in [0.29, 0.717) is 0 Å². The molecule has 0 spiro atoms. The van der Waals surface area contributed by atoms with Crippen molar-refractivity contribution in [3.63, 3.8) is 0 Å². The third-order valence-corrected chi connectivity index (χ3v) is 4.64. The van der Waals surface area contributed by atoms with Crippen LogP contribution in [-0.2, 0) is 11.3 Å². The van der Waals surface area contributed by atoms with Crippen molar-refractivity contribution in [1.29, 1.82) is 0 Å². The summed E-state index contributed by atoms with van der Waals surface area (Å²) in [4.78, 5) is 2.34. The summed E-state index contributed by atoms with van der Waals surface area (Å²) in [6.07, 6.45) is 0. The van der Waals surface area contributed by atoms with Gasteiger partial charge < -0.3 is 10.1 Å². The van der Waals surface area contributed by atoms with Crippen molar-refractivity contribution < 1.29 is 9.13 Å². The van der Waals surface area contributed by atoms with E-state index in [2.05, 4.69) is 16.3 Å². The molecule has 3 nitrogen and oxygen atoms in total. The Morgan fingerprint density at radius 3 is 2.75 bits per heavy atom. The number of halogens is 2. The zero-order chi connectivity index (χ0) is 16.9. The summed E-state index contributed by atoms with van der Waals surface area (Å²) in [6.45, 7) is 6.22. The van der Waals surface area contributed by atoms with Gasteiger partial charge in [0.25, 0.3) is 0 Å². The smallest absolute Gasteiger partial charge is 0.123 e. The van der Waals surface area contributed by atoms with Crippen LogP contribution in [0.4, 0.5) is 10.1 Å². The molecule has 0 amide bonds. The highest BCUT2D eigenvalue weighted by Gasteiger charge is 2.13. The van der Waals surface area contributed by atoms with Crippen molar-refractivity contribution in [1.82, 2.24) is 4.90 Å². The SMILES string of the molecule is CC(Nc1ccc(Cl)c(CN2CCOCC2)c1)c1cccc(F)c1. The van der Waals surface area contributed by atoms with Crippen molar-refractivity contribution in [2.75, 3.05) is 31.6 Å². The van der Waals surface area contributed by atoms with Crippen LogP contribution in [0.25, 0.3) is 0 Å². The van der Waals surface area contributed by atoms with Gasteiger partial charge >= 0.3 is 0 Å². The minimum absolute atomic E-state index is 0.0121. The summed E-state index contributed by atoms with van der Waals surface area (Å²) in [5, 5.41) is 4.19. The van der Waals surface area contributed by atoms with Gasteiger partial charge in [-0.05, 0) is 48.4 Å². The van der Waals surface area contributed by atoms with Gasteiger partial charge in [0.1, 0.15) is 5.82 Å². The van der Waals surface area contributed by atoms with Crippen LogP contribution in [0, 0.1) is 5.82 Å². The Labute approximate surface area is 147 Å². The average Bonchev–Trinajstić information content (AvgIpc) is 2.59. The molecule has 2 aromatic carbocycles. The van der Waals surface area contributed by atoms with E-state index in [4.69, 9.17) is 16.3 Å². The lowest BCUT2D eigenvalue weighted by atomic mass is 10.1. The molecule has 0 bridgehead atoms. The molecule has 1 unspecified atom stereocenters. The van der Waals surface area contributed by atoms with Crippen LogP contribution in [0.2, 0.25) is 5.02 Å². The highest BCUT2D eigenvalue weighted by atomic mass is 35.5. The average molecular weight is 349 g/mol. The number of hydrogen-bond acceptors (Lipinski definition) is 3. The molecule has 1 aliphatic heterocycles. The molecule has 1 N–H and O–H groups in total. The second-order valence-corrected chi connectivity index (χ2v) is 6.52. The maximum absolute atomic E-state index is 13.4. The Bertz CT molecular complexity index is 689. The molecule has 1 fully saturated rings. The largest absolute Gasteiger partial charge is 0.379 e. The van der Waals surface area contributed by atoms with Crippen LogP contribution < -0.4 is 5.32 Å². The zero-order valence-electron chi connectivity index (χ0n) is 13.8. The van der Waals surface area contributed by atoms with E-state index in [9.17, 15) is 4.39 Å². The van der Waals surface area contributed by atoms with Gasteiger partial charge in [-0.15, -0.1) is 0 Å². The summed E-state index contributed by atoms with van der Waals surface area (Å²) in [7, 11) is 0. The molecular formula is C19H22ClFN2O. The number of benzene rings is 2. The third kappa shape index (κ3) is 4.47. The molecule has 0 saturated carbocycles. The quantitative estimate of drug-likeness (QED) is 0.862. The monoisotopic (exact) mass is 348 g/mol. The number of rotatable bonds is 5. The Balaban J connectivity index is 1.70. The van der Waals surface area contributed by atoms with Crippen LogP contribution in [-0.4, -0.2) is 31.2 Å². The molecular weight excluding hydrogens is 327 g/mol. The second kappa shape index (κ2) is 7.97. The molecule has 0 radical (unpaired) electrons. The van der Waals surface area contributed by atoms with Crippen LogP contribution >= 0.6 is 11.6 Å². The summed E-state index contributed by atoms with van der Waals surface area (Å²) in [5.74, 6) is -0.217. The fourth-order valence-corrected chi connectivity index (χ4v) is 3.07. The molecule has 24 heavy (non-hydrogen) atoms. The minimum atomic E-state index is -0.217. The summed E-state index contributed by atoms with van der Waals surface area (Å²) in [5.41, 5.74) is 2.99. The zero-order valence-corrected chi connectivity index (χ0v) is 14.5. The van der Waals surface area contributed by atoms with Crippen molar-refractivity contribution in [2.24, 2.45) is 0 Å². The number of nitrogens with one attached hydrogen (secondary N) is 1. The highest BCUT2D eigenvalue weighted by Crippen LogP contribution is 2.25. The number of hydrogen-bond donors (Lipinski definition) is 1. The van der Waals surface area contributed by atoms with E-state index < -0.39 is 0 Å². The molecule has 0 aliphatic carbocycles. The van der Waals surface area contributed by atoms with Crippen molar-refractivity contribution in [3.8, 4) is 0 Å². The summed E-state index contributed by atoms with van der Waals surface area (Å²) < 4.78 is 18.8. The van der Waals surface area contributed by atoms with E-state index >= 15 is 0 Å². The standard InChI is InChI=1S/C19H22ClFN2O/c1-14(15-3-2-4-17(21)11-15)22-18-5-6-19(20)16(12-18)13-23-7-9-24-10-8-23/h2-6,11-12,14,22H,7-10,13H2,1H3. The Hall–Kier alpha value is -1.62. The van der Waals surface area contributed by atoms with E-state index in [0.717, 1.165) is 54.7 Å². The minimum Gasteiger partial charge on any atom is -0.379 e. The maximum Gasteiger partial charge on any atom is 0.123 e. The van der Waals surface area contributed by atoms with Gasteiger partial charge in [-0.25, -0.2) is 4.39 Å². The predicted octanol–water partition coefficient (Wildman–Crippen LogP) is 4.48. The van der Waals surface area contributed by atoms with E-state index in [1.807, 2.05) is 25.1 Å². The third-order valence-electron chi connectivity index (χ3n) is 4.28. The molecule has 1 heterocycles. The lowest BCUT2D eigenvalue weighted by Crippen LogP contribution is -2.35. The number of morpholine rings is 1. The van der Waals surface area contributed by atoms with Crippen molar-refractivity contribution >= 4 is 17.3 Å². The van der Waals surface area contributed by atoms with Gasteiger partial charge in [-0.2, -0.15) is 0 Å². The maximum atomic E-state index is 13.4. The normalized spacial score (nSPS) is 16.8. The lowest BCUT2D eigenvalue weighted by Gasteiger charge is -2.27. The second-order valence-electron chi connectivity index (χ2n) is 6.12. The van der Waals surface area contributed by atoms with Crippen LogP contribution in [0.1, 0.15) is 24.1 Å². The fourth-order valence-electron chi connectivity index (χ4n) is 2.90. The van der Waals surface area contributed by atoms with Crippen molar-refractivity contribution in [2.45, 2.75) is 19.5 Å². The summed E-state index contributed by atoms with van der Waals surface area (Å²) in [6, 6.07) is 12.6. The molecule has 3 rings (SSSR count). The van der Waals surface area contributed by atoms with Gasteiger partial charge in [0, 0.05) is 36.4 Å². The topological polar surface area (TPSA) is 24.5 Å². The first-order valence-corrected chi connectivity index (χ1v) is 8.60. The predicted molar refractivity (Wildman–Crippen MR) is 96.0 cm³/mol. The molecule has 5 heteroatoms. The number of nitrogens with zero attached hydrogens (tertiary/aromatic N) is 1. The first kappa shape index (κ1) is 17.2. The molecule has 1 aliphatic rings. The Kier molecular flexibility index (Phi) is 5.72. The van der Waals surface area contributed by atoms with Gasteiger partial charge in [0.15, 0.2) is 0 Å². The number of anilines is 1. The molecule has 0 aromatic heterocycles. The van der Waals surface area contributed by atoms with Gasteiger partial charge in [-0.1, -0.05) is 23.7 Å². The molecule has 1 saturated heterocycles. The molecule has 128 valence electrons. The van der Waals surface area contributed by atoms with E-state index in [1.54, 1.807) is 12.1 Å². The number of ether oxygens (including phenoxy) is 1. The van der Waals surface area contributed by atoms with Crippen LogP contribution in [0.5, 0.6) is 0 Å². The first-order valence-electron chi connectivity index (χ1n) is 8.22. The Morgan fingerprint density at radius 2 is 2.00 bits per heavy atom. The van der Waals surface area contributed by atoms with Crippen LogP contribution in [0.15, 0.2) is 42.5 Å². The van der Waals surface area contributed by atoms with Gasteiger partial charge in [0.2, 0.25) is 0 Å². The van der Waals surface area contributed by atoms with Crippen molar-refractivity contribution in [3.05, 3.63) is 64.4 Å². The highest BCUT2D eigenvalue weighted by molar-refractivity contribution is 6.31. The first-order chi connectivity index (χ1) is 11.6. The van der Waals surface area contributed by atoms with E-state index in [1.165, 1.54) is 6.07 Å². The summed E-state index contributed by atoms with van der Waals surface area (Å²) >= 11 is 6.35. The van der Waals surface area contributed by atoms with Gasteiger partial charge in [0.05, 0.1) is 13.2 Å². The fraction of sp³-hybridized carbons (Fsp3) is 0.368. The van der Waals surface area contributed by atoms with Gasteiger partial charge in [-0.3, -0.25) is 4.90 Å².